The van der Waals surface area contributed by atoms with Crippen molar-refractivity contribution in [2.75, 3.05) is 6.54 Å². The molecule has 1 aromatic rings. The summed E-state index contributed by atoms with van der Waals surface area (Å²) in [6.07, 6.45) is 3.58. The van der Waals surface area contributed by atoms with E-state index < -0.39 is 18.0 Å². The first-order valence-corrected chi connectivity index (χ1v) is 8.49. The van der Waals surface area contributed by atoms with Gasteiger partial charge in [-0.15, -0.1) is 0 Å². The molecule has 0 radical (unpaired) electrons. The number of amides is 2. The second-order valence-corrected chi connectivity index (χ2v) is 6.77. The molecule has 1 saturated heterocycles. The highest BCUT2D eigenvalue weighted by Crippen LogP contribution is 2.24. The van der Waals surface area contributed by atoms with Gasteiger partial charge in [0, 0.05) is 12.7 Å². The van der Waals surface area contributed by atoms with Crippen LogP contribution in [0, 0.1) is 5.92 Å². The summed E-state index contributed by atoms with van der Waals surface area (Å²) >= 11 is 11.8. The van der Waals surface area contributed by atoms with Crippen LogP contribution in [0.3, 0.4) is 0 Å². The molecule has 8 heteroatoms. The zero-order chi connectivity index (χ0) is 17.9. The normalized spacial score (nSPS) is 18.5. The Balaban J connectivity index is 2.19. The summed E-state index contributed by atoms with van der Waals surface area (Å²) in [7, 11) is 0. The maximum atomic E-state index is 12.8. The molecule has 1 fully saturated rings. The number of hydrogen-bond donors (Lipinski definition) is 1. The summed E-state index contributed by atoms with van der Waals surface area (Å²) < 4.78 is 0. The molecular weight excluding hydrogens is 353 g/mol. The van der Waals surface area contributed by atoms with Gasteiger partial charge in [0.15, 0.2) is 0 Å². The lowest BCUT2D eigenvalue weighted by Gasteiger charge is -2.29. The van der Waals surface area contributed by atoms with Crippen molar-refractivity contribution in [2.24, 2.45) is 5.92 Å². The number of likely N-dealkylation sites (tertiary alicyclic amines) is 1. The largest absolute Gasteiger partial charge is 0.340 e. The third-order valence-electron chi connectivity index (χ3n) is 4.05. The highest BCUT2D eigenvalue weighted by atomic mass is 35.5. The van der Waals surface area contributed by atoms with Crippen LogP contribution in [0.2, 0.25) is 10.2 Å². The number of hydrogen-bond acceptors (Lipinski definition) is 4. The van der Waals surface area contributed by atoms with Crippen molar-refractivity contribution in [2.45, 2.75) is 38.8 Å². The molecule has 24 heavy (non-hydrogen) atoms. The number of nitrogens with one attached hydrogen (secondary N) is 1. The molecule has 2 atom stereocenters. The maximum Gasteiger partial charge on any atom is 0.253 e. The highest BCUT2D eigenvalue weighted by Gasteiger charge is 2.35. The Hall–Kier alpha value is -1.66. The molecule has 2 heterocycles. The van der Waals surface area contributed by atoms with Gasteiger partial charge in [0.1, 0.15) is 17.5 Å². The number of nitrogens with zero attached hydrogens (tertiary/aromatic N) is 2. The Bertz CT molecular complexity index is 651. The van der Waals surface area contributed by atoms with Crippen molar-refractivity contribution in [3.05, 3.63) is 28.0 Å². The molecule has 0 spiro atoms. The van der Waals surface area contributed by atoms with E-state index in [9.17, 15) is 14.4 Å². The minimum Gasteiger partial charge on any atom is -0.340 e. The molecule has 1 aliphatic heterocycles. The van der Waals surface area contributed by atoms with Crippen molar-refractivity contribution in [3.8, 4) is 0 Å². The first-order chi connectivity index (χ1) is 11.4. The van der Waals surface area contributed by atoms with Crippen LogP contribution in [-0.4, -0.2) is 46.6 Å². The van der Waals surface area contributed by atoms with Crippen LogP contribution in [0.5, 0.6) is 0 Å². The first kappa shape index (κ1) is 18.7. The van der Waals surface area contributed by atoms with E-state index in [0.29, 0.717) is 13.0 Å². The lowest BCUT2D eigenvalue weighted by molar-refractivity contribution is -0.137. The number of halogens is 2. The molecular formula is C16H19Cl2N3O3. The Morgan fingerprint density at radius 3 is 2.75 bits per heavy atom. The SMILES string of the molecule is CC(C)[C@H](NC(=O)c1ccnc(Cl)c1Cl)C(=O)N1CCC[C@H]1C=O. The van der Waals surface area contributed by atoms with Crippen LogP contribution < -0.4 is 5.32 Å². The van der Waals surface area contributed by atoms with E-state index >= 15 is 0 Å². The summed E-state index contributed by atoms with van der Waals surface area (Å²) in [5, 5.41) is 2.77. The molecule has 130 valence electrons. The Kier molecular flexibility index (Phi) is 6.18. The van der Waals surface area contributed by atoms with E-state index in [-0.39, 0.29) is 27.6 Å². The zero-order valence-corrected chi connectivity index (χ0v) is 15.0. The molecule has 1 N–H and O–H groups in total. The third kappa shape index (κ3) is 3.87. The van der Waals surface area contributed by atoms with Crippen molar-refractivity contribution < 1.29 is 14.4 Å². The molecule has 0 saturated carbocycles. The summed E-state index contributed by atoms with van der Waals surface area (Å²) in [6.45, 7) is 4.18. The van der Waals surface area contributed by atoms with E-state index in [4.69, 9.17) is 23.2 Å². The standard InChI is InChI=1S/C16H19Cl2N3O3/c1-9(2)13(16(24)21-7-3-4-10(21)8-22)20-15(23)11-5-6-19-14(18)12(11)17/h5-6,8-10,13H,3-4,7H2,1-2H3,(H,20,23)/t10-,13-/m0/s1. The smallest absolute Gasteiger partial charge is 0.253 e. The van der Waals surface area contributed by atoms with E-state index in [1.165, 1.54) is 17.2 Å². The van der Waals surface area contributed by atoms with Crippen LogP contribution in [0.15, 0.2) is 12.3 Å². The van der Waals surface area contributed by atoms with Gasteiger partial charge in [-0.05, 0) is 24.8 Å². The lowest BCUT2D eigenvalue weighted by Crippen LogP contribution is -2.52. The van der Waals surface area contributed by atoms with Gasteiger partial charge in [-0.1, -0.05) is 37.0 Å². The van der Waals surface area contributed by atoms with E-state index in [1.54, 1.807) is 0 Å². The fourth-order valence-corrected chi connectivity index (χ4v) is 3.07. The van der Waals surface area contributed by atoms with E-state index in [0.717, 1.165) is 12.7 Å². The lowest BCUT2D eigenvalue weighted by atomic mass is 10.0. The minimum absolute atomic E-state index is 0.0253. The van der Waals surface area contributed by atoms with E-state index in [2.05, 4.69) is 10.3 Å². The van der Waals surface area contributed by atoms with Crippen LogP contribution in [0.1, 0.15) is 37.0 Å². The molecule has 1 aliphatic rings. The van der Waals surface area contributed by atoms with Gasteiger partial charge in [-0.2, -0.15) is 0 Å². The monoisotopic (exact) mass is 371 g/mol. The number of aldehydes is 1. The maximum absolute atomic E-state index is 12.8. The van der Waals surface area contributed by atoms with Crippen LogP contribution in [0.25, 0.3) is 0 Å². The van der Waals surface area contributed by atoms with Crippen molar-refractivity contribution >= 4 is 41.3 Å². The molecule has 0 bridgehead atoms. The fraction of sp³-hybridized carbons (Fsp3) is 0.500. The highest BCUT2D eigenvalue weighted by molar-refractivity contribution is 6.43. The molecule has 1 aromatic heterocycles. The average Bonchev–Trinajstić information content (AvgIpc) is 3.02. The summed E-state index contributed by atoms with van der Waals surface area (Å²) in [5.74, 6) is -0.909. The Morgan fingerprint density at radius 1 is 1.42 bits per heavy atom. The molecule has 0 aromatic carbocycles. The topological polar surface area (TPSA) is 79.4 Å². The van der Waals surface area contributed by atoms with Gasteiger partial charge >= 0.3 is 0 Å². The number of carbonyl (C=O) groups is 3. The van der Waals surface area contributed by atoms with Crippen molar-refractivity contribution in [3.63, 3.8) is 0 Å². The number of rotatable bonds is 5. The third-order valence-corrected chi connectivity index (χ3v) is 4.82. The quantitative estimate of drug-likeness (QED) is 0.636. The molecule has 0 unspecified atom stereocenters. The predicted octanol–water partition coefficient (Wildman–Crippen LogP) is 2.33. The minimum atomic E-state index is -0.749. The summed E-state index contributed by atoms with van der Waals surface area (Å²) in [4.78, 5) is 41.7. The van der Waals surface area contributed by atoms with Crippen LogP contribution >= 0.6 is 23.2 Å². The zero-order valence-electron chi connectivity index (χ0n) is 13.5. The second kappa shape index (κ2) is 7.94. The summed E-state index contributed by atoms with van der Waals surface area (Å²) in [6, 6.07) is 0.269. The van der Waals surface area contributed by atoms with Crippen molar-refractivity contribution in [1.82, 2.24) is 15.2 Å². The number of carbonyl (C=O) groups excluding carboxylic acids is 3. The van der Waals surface area contributed by atoms with Gasteiger partial charge in [0.25, 0.3) is 5.91 Å². The molecule has 2 amide bonds. The first-order valence-electron chi connectivity index (χ1n) is 7.73. The number of pyridine rings is 1. The van der Waals surface area contributed by atoms with Gasteiger partial charge < -0.3 is 15.0 Å². The predicted molar refractivity (Wildman–Crippen MR) is 91.1 cm³/mol. The van der Waals surface area contributed by atoms with Crippen LogP contribution in [-0.2, 0) is 9.59 Å². The van der Waals surface area contributed by atoms with Gasteiger partial charge in [0.2, 0.25) is 5.91 Å². The van der Waals surface area contributed by atoms with Crippen molar-refractivity contribution in [1.29, 1.82) is 0 Å². The number of aromatic nitrogens is 1. The van der Waals surface area contributed by atoms with Gasteiger partial charge in [0.05, 0.1) is 16.6 Å². The van der Waals surface area contributed by atoms with Gasteiger partial charge in [-0.25, -0.2) is 4.98 Å². The molecule has 6 nitrogen and oxygen atoms in total. The van der Waals surface area contributed by atoms with E-state index in [1.807, 2.05) is 13.8 Å². The molecule has 2 rings (SSSR count). The summed E-state index contributed by atoms with van der Waals surface area (Å²) in [5.41, 5.74) is 0.156. The Morgan fingerprint density at radius 2 is 2.12 bits per heavy atom. The van der Waals surface area contributed by atoms with Crippen LogP contribution in [0.4, 0.5) is 0 Å². The second-order valence-electron chi connectivity index (χ2n) is 6.04. The average molecular weight is 372 g/mol. The fourth-order valence-electron chi connectivity index (χ4n) is 2.71. The van der Waals surface area contributed by atoms with Gasteiger partial charge in [-0.3, -0.25) is 9.59 Å². The molecule has 0 aliphatic carbocycles. The Labute approximate surface area is 150 Å².